The summed E-state index contributed by atoms with van der Waals surface area (Å²) in [5, 5.41) is 0.188. The predicted molar refractivity (Wildman–Crippen MR) is 74.0 cm³/mol. The van der Waals surface area contributed by atoms with E-state index in [1.54, 1.807) is 31.4 Å². The van der Waals surface area contributed by atoms with E-state index < -0.39 is 0 Å². The monoisotopic (exact) mass is 277 g/mol. The number of nitrogens with zero attached hydrogens (tertiary/aromatic N) is 3. The maximum atomic E-state index is 12.3. The van der Waals surface area contributed by atoms with Gasteiger partial charge in [0.1, 0.15) is 16.8 Å². The lowest BCUT2D eigenvalue weighted by Gasteiger charge is -2.16. The highest BCUT2D eigenvalue weighted by Gasteiger charge is 2.16. The van der Waals surface area contributed by atoms with E-state index in [1.807, 2.05) is 0 Å². The number of aromatic nitrogens is 2. The number of carbonyl (C=O) groups excluding carboxylic acids is 1. The van der Waals surface area contributed by atoms with Gasteiger partial charge in [0.25, 0.3) is 5.91 Å². The number of amides is 1. The van der Waals surface area contributed by atoms with Gasteiger partial charge in [-0.05, 0) is 24.3 Å². The number of anilines is 2. The SMILES string of the molecule is CN(C(=O)c1cc(Cl)nc(NN)c1)c1ccccn1. The smallest absolute Gasteiger partial charge is 0.259 e. The van der Waals surface area contributed by atoms with Crippen molar-refractivity contribution in [2.24, 2.45) is 5.84 Å². The number of nitrogens with two attached hydrogens (primary N) is 1. The number of nitrogen functional groups attached to an aromatic ring is 1. The van der Waals surface area contributed by atoms with Gasteiger partial charge in [-0.3, -0.25) is 9.69 Å². The molecule has 19 heavy (non-hydrogen) atoms. The van der Waals surface area contributed by atoms with Gasteiger partial charge in [0.2, 0.25) is 0 Å². The molecule has 0 aromatic carbocycles. The number of pyridine rings is 2. The summed E-state index contributed by atoms with van der Waals surface area (Å²) in [5.41, 5.74) is 2.74. The average molecular weight is 278 g/mol. The van der Waals surface area contributed by atoms with Crippen molar-refractivity contribution in [3.05, 3.63) is 47.2 Å². The zero-order valence-electron chi connectivity index (χ0n) is 10.2. The lowest BCUT2D eigenvalue weighted by molar-refractivity contribution is 0.0992. The molecule has 0 aliphatic heterocycles. The molecule has 0 atom stereocenters. The second-order valence-corrected chi connectivity index (χ2v) is 4.15. The van der Waals surface area contributed by atoms with Crippen LogP contribution in [0.1, 0.15) is 10.4 Å². The highest BCUT2D eigenvalue weighted by atomic mass is 35.5. The van der Waals surface area contributed by atoms with Gasteiger partial charge in [-0.2, -0.15) is 0 Å². The molecule has 7 heteroatoms. The second-order valence-electron chi connectivity index (χ2n) is 3.76. The molecule has 0 aliphatic rings. The number of halogens is 1. The van der Waals surface area contributed by atoms with Crippen molar-refractivity contribution in [1.82, 2.24) is 9.97 Å². The Morgan fingerprint density at radius 2 is 2.21 bits per heavy atom. The molecule has 0 saturated heterocycles. The topological polar surface area (TPSA) is 84.1 Å². The van der Waals surface area contributed by atoms with Gasteiger partial charge >= 0.3 is 0 Å². The Bertz CT molecular complexity index is 590. The fraction of sp³-hybridized carbons (Fsp3) is 0.0833. The molecule has 0 unspecified atom stereocenters. The van der Waals surface area contributed by atoms with Crippen molar-refractivity contribution in [3.63, 3.8) is 0 Å². The maximum Gasteiger partial charge on any atom is 0.259 e. The van der Waals surface area contributed by atoms with Crippen molar-refractivity contribution in [2.45, 2.75) is 0 Å². The van der Waals surface area contributed by atoms with Crippen LogP contribution in [0.15, 0.2) is 36.5 Å². The zero-order valence-corrected chi connectivity index (χ0v) is 10.9. The first-order chi connectivity index (χ1) is 9.11. The Kier molecular flexibility index (Phi) is 3.94. The van der Waals surface area contributed by atoms with Gasteiger partial charge in [-0.1, -0.05) is 17.7 Å². The Morgan fingerprint density at radius 1 is 1.42 bits per heavy atom. The van der Waals surface area contributed by atoms with Crippen LogP contribution in [0.3, 0.4) is 0 Å². The van der Waals surface area contributed by atoms with E-state index in [2.05, 4.69) is 15.4 Å². The first-order valence-corrected chi connectivity index (χ1v) is 5.83. The molecule has 0 bridgehead atoms. The van der Waals surface area contributed by atoms with Gasteiger partial charge in [0.15, 0.2) is 0 Å². The minimum atomic E-state index is -0.250. The fourth-order valence-corrected chi connectivity index (χ4v) is 1.75. The zero-order chi connectivity index (χ0) is 13.8. The molecule has 98 valence electrons. The predicted octanol–water partition coefficient (Wildman–Crippen LogP) is 1.69. The van der Waals surface area contributed by atoms with Crippen molar-refractivity contribution < 1.29 is 4.79 Å². The van der Waals surface area contributed by atoms with E-state index in [0.717, 1.165) is 0 Å². The van der Waals surface area contributed by atoms with Crippen LogP contribution in [0.2, 0.25) is 5.15 Å². The molecule has 2 heterocycles. The number of hydrogen-bond donors (Lipinski definition) is 2. The summed E-state index contributed by atoms with van der Waals surface area (Å²) >= 11 is 5.83. The van der Waals surface area contributed by atoms with Crippen LogP contribution in [-0.2, 0) is 0 Å². The van der Waals surface area contributed by atoms with E-state index in [-0.39, 0.29) is 11.1 Å². The number of nitrogens with one attached hydrogen (secondary N) is 1. The van der Waals surface area contributed by atoms with Crippen LogP contribution in [0.4, 0.5) is 11.6 Å². The summed E-state index contributed by atoms with van der Waals surface area (Å²) in [6.45, 7) is 0. The Labute approximate surface area is 115 Å². The van der Waals surface area contributed by atoms with Crippen molar-refractivity contribution in [1.29, 1.82) is 0 Å². The molecule has 2 aromatic heterocycles. The third-order valence-electron chi connectivity index (χ3n) is 2.49. The Balaban J connectivity index is 2.31. The maximum absolute atomic E-state index is 12.3. The molecule has 2 aromatic rings. The lowest BCUT2D eigenvalue weighted by Crippen LogP contribution is -2.27. The standard InChI is InChI=1S/C12H12ClN5O/c1-18(11-4-2-3-5-15-11)12(19)8-6-9(13)16-10(7-8)17-14/h2-7H,14H2,1H3,(H,16,17). The van der Waals surface area contributed by atoms with Crippen LogP contribution >= 0.6 is 11.6 Å². The molecule has 0 spiro atoms. The Hall–Kier alpha value is -2.18. The first-order valence-electron chi connectivity index (χ1n) is 5.45. The van der Waals surface area contributed by atoms with E-state index in [9.17, 15) is 4.79 Å². The van der Waals surface area contributed by atoms with Crippen molar-refractivity contribution in [3.8, 4) is 0 Å². The first kappa shape index (κ1) is 13.3. The summed E-state index contributed by atoms with van der Waals surface area (Å²) < 4.78 is 0. The molecule has 6 nitrogen and oxygen atoms in total. The second kappa shape index (κ2) is 5.64. The molecule has 3 N–H and O–H groups in total. The average Bonchev–Trinajstić information content (AvgIpc) is 2.46. The molecular formula is C12H12ClN5O. The number of carbonyl (C=O) groups is 1. The van der Waals surface area contributed by atoms with Crippen LogP contribution in [0, 0.1) is 0 Å². The molecule has 2 rings (SSSR count). The molecule has 0 fully saturated rings. The fourth-order valence-electron chi connectivity index (χ4n) is 1.54. The van der Waals surface area contributed by atoms with Crippen LogP contribution in [0.25, 0.3) is 0 Å². The third kappa shape index (κ3) is 2.98. The van der Waals surface area contributed by atoms with Crippen LogP contribution in [0.5, 0.6) is 0 Å². The molecule has 1 amide bonds. The van der Waals surface area contributed by atoms with Crippen LogP contribution in [-0.4, -0.2) is 22.9 Å². The van der Waals surface area contributed by atoms with E-state index in [1.165, 1.54) is 17.0 Å². The number of hydrogen-bond acceptors (Lipinski definition) is 5. The minimum Gasteiger partial charge on any atom is -0.308 e. The van der Waals surface area contributed by atoms with E-state index in [4.69, 9.17) is 17.4 Å². The quantitative estimate of drug-likeness (QED) is 0.507. The van der Waals surface area contributed by atoms with Crippen LogP contribution < -0.4 is 16.2 Å². The van der Waals surface area contributed by atoms with Crippen molar-refractivity contribution >= 4 is 29.1 Å². The summed E-state index contributed by atoms with van der Waals surface area (Å²) in [6.07, 6.45) is 1.62. The molecule has 0 radical (unpaired) electrons. The summed E-state index contributed by atoms with van der Waals surface area (Å²) in [6, 6.07) is 8.32. The van der Waals surface area contributed by atoms with Gasteiger partial charge < -0.3 is 5.43 Å². The molecule has 0 saturated carbocycles. The van der Waals surface area contributed by atoms with Gasteiger partial charge in [0, 0.05) is 18.8 Å². The van der Waals surface area contributed by atoms with E-state index in [0.29, 0.717) is 17.2 Å². The summed E-state index contributed by atoms with van der Waals surface area (Å²) in [5.74, 6) is 5.88. The summed E-state index contributed by atoms with van der Waals surface area (Å²) in [7, 11) is 1.63. The van der Waals surface area contributed by atoms with Crippen molar-refractivity contribution in [2.75, 3.05) is 17.4 Å². The minimum absolute atomic E-state index is 0.188. The Morgan fingerprint density at radius 3 is 2.84 bits per heavy atom. The number of hydrazine groups is 1. The van der Waals surface area contributed by atoms with E-state index >= 15 is 0 Å². The van der Waals surface area contributed by atoms with Gasteiger partial charge in [-0.25, -0.2) is 15.8 Å². The number of rotatable bonds is 3. The third-order valence-corrected chi connectivity index (χ3v) is 2.68. The molecule has 0 aliphatic carbocycles. The lowest BCUT2D eigenvalue weighted by atomic mass is 10.2. The van der Waals surface area contributed by atoms with Gasteiger partial charge in [0.05, 0.1) is 0 Å². The van der Waals surface area contributed by atoms with Gasteiger partial charge in [-0.15, -0.1) is 0 Å². The molecular weight excluding hydrogens is 266 g/mol. The highest BCUT2D eigenvalue weighted by Crippen LogP contribution is 2.17. The highest BCUT2D eigenvalue weighted by molar-refractivity contribution is 6.30. The summed E-state index contributed by atoms with van der Waals surface area (Å²) in [4.78, 5) is 21.7. The largest absolute Gasteiger partial charge is 0.308 e. The normalized spacial score (nSPS) is 10.1.